The number of aromatic nitrogens is 1. The molecular formula is C38H52N8O9. The van der Waals surface area contributed by atoms with Gasteiger partial charge in [0.15, 0.2) is 0 Å². The summed E-state index contributed by atoms with van der Waals surface area (Å²) in [6.07, 6.45) is 1.09. The van der Waals surface area contributed by atoms with Crippen molar-refractivity contribution in [2.45, 2.75) is 90.0 Å². The molecule has 0 spiro atoms. The van der Waals surface area contributed by atoms with Crippen LogP contribution in [0.25, 0.3) is 10.9 Å². The number of carbonyl (C=O) groups is 7. The van der Waals surface area contributed by atoms with Crippen molar-refractivity contribution >= 4 is 52.3 Å². The van der Waals surface area contributed by atoms with E-state index in [9.17, 15) is 43.8 Å². The summed E-state index contributed by atoms with van der Waals surface area (Å²) < 4.78 is 0. The number of hydrogen-bond acceptors (Lipinski definition) is 9. The highest BCUT2D eigenvalue weighted by Gasteiger charge is 2.34. The number of carbonyl (C=O) groups excluding carboxylic acids is 6. The summed E-state index contributed by atoms with van der Waals surface area (Å²) in [6.45, 7) is 7.06. The second-order valence-corrected chi connectivity index (χ2v) is 14.3. The van der Waals surface area contributed by atoms with Crippen LogP contribution in [0.2, 0.25) is 0 Å². The fourth-order valence-electron chi connectivity index (χ4n) is 5.96. The average molecular weight is 765 g/mol. The molecular weight excluding hydrogens is 712 g/mol. The van der Waals surface area contributed by atoms with E-state index < -0.39 is 78.0 Å². The molecule has 6 amide bonds. The minimum atomic E-state index is -1.64. The molecule has 0 aliphatic heterocycles. The SMILES string of the molecule is CC(C)C[C@H](NC(=O)CN)C(=O)N[C@@H](CC(C)C)C(=O)N[C@@H](Cc1c[nH]c2ccccc12)C(=O)N[C@@H](CC(N)=O)C(=O)N[C@@H](Cc1ccc(O)cc1)C(=O)O. The monoisotopic (exact) mass is 764 g/mol. The van der Waals surface area contributed by atoms with E-state index in [4.69, 9.17) is 11.5 Å². The van der Waals surface area contributed by atoms with Gasteiger partial charge in [-0.3, -0.25) is 28.8 Å². The molecule has 0 aliphatic carbocycles. The van der Waals surface area contributed by atoms with Gasteiger partial charge in [-0.1, -0.05) is 58.0 Å². The van der Waals surface area contributed by atoms with Gasteiger partial charge >= 0.3 is 5.97 Å². The highest BCUT2D eigenvalue weighted by atomic mass is 16.4. The van der Waals surface area contributed by atoms with Crippen molar-refractivity contribution < 1.29 is 43.8 Å². The molecule has 3 aromatic rings. The Balaban J connectivity index is 1.92. The number of para-hydroxylation sites is 1. The first-order valence-electron chi connectivity index (χ1n) is 18.0. The van der Waals surface area contributed by atoms with Gasteiger partial charge in [0.1, 0.15) is 36.0 Å². The van der Waals surface area contributed by atoms with Crippen molar-refractivity contribution in [1.82, 2.24) is 31.6 Å². The van der Waals surface area contributed by atoms with Crippen molar-refractivity contribution in [3.8, 4) is 5.75 Å². The maximum absolute atomic E-state index is 14.1. The van der Waals surface area contributed by atoms with Gasteiger partial charge in [0, 0.05) is 29.9 Å². The fourth-order valence-corrected chi connectivity index (χ4v) is 5.96. The molecule has 0 saturated heterocycles. The lowest BCUT2D eigenvalue weighted by Gasteiger charge is -2.28. The Kier molecular flexibility index (Phi) is 16.2. The van der Waals surface area contributed by atoms with E-state index in [2.05, 4.69) is 31.6 Å². The van der Waals surface area contributed by atoms with Crippen molar-refractivity contribution in [2.24, 2.45) is 23.3 Å². The number of aromatic amines is 1. The number of carboxylic acid groups (broad SMARTS) is 1. The molecule has 17 nitrogen and oxygen atoms in total. The molecule has 0 bridgehead atoms. The van der Waals surface area contributed by atoms with Gasteiger partial charge in [-0.15, -0.1) is 0 Å². The molecule has 55 heavy (non-hydrogen) atoms. The zero-order valence-electron chi connectivity index (χ0n) is 31.4. The number of primary amides is 1. The highest BCUT2D eigenvalue weighted by Crippen LogP contribution is 2.20. The van der Waals surface area contributed by atoms with E-state index >= 15 is 0 Å². The Morgan fingerprint density at radius 2 is 1.18 bits per heavy atom. The number of nitrogens with one attached hydrogen (secondary N) is 6. The molecule has 0 radical (unpaired) electrons. The van der Waals surface area contributed by atoms with Crippen LogP contribution in [0.4, 0.5) is 0 Å². The summed E-state index contributed by atoms with van der Waals surface area (Å²) in [5.74, 6) is -6.33. The Bertz CT molecular complexity index is 1830. The number of benzene rings is 2. The third-order valence-corrected chi connectivity index (χ3v) is 8.65. The summed E-state index contributed by atoms with van der Waals surface area (Å²) >= 11 is 0. The smallest absolute Gasteiger partial charge is 0.326 e. The molecule has 0 saturated carbocycles. The van der Waals surface area contributed by atoms with Crippen LogP contribution >= 0.6 is 0 Å². The fraction of sp³-hybridized carbons (Fsp3) is 0.447. The summed E-state index contributed by atoms with van der Waals surface area (Å²) in [6, 6.07) is 6.28. The lowest BCUT2D eigenvalue weighted by Crippen LogP contribution is -2.60. The van der Waals surface area contributed by atoms with Crippen molar-refractivity contribution in [1.29, 1.82) is 0 Å². The molecule has 3 rings (SSSR count). The quantitative estimate of drug-likeness (QED) is 0.0698. The molecule has 12 N–H and O–H groups in total. The number of amides is 6. The summed E-state index contributed by atoms with van der Waals surface area (Å²) in [5, 5.41) is 33.0. The van der Waals surface area contributed by atoms with Crippen molar-refractivity contribution in [3.05, 3.63) is 65.9 Å². The van der Waals surface area contributed by atoms with E-state index in [0.717, 1.165) is 10.9 Å². The first kappa shape index (κ1) is 43.4. The van der Waals surface area contributed by atoms with Gasteiger partial charge < -0.3 is 53.2 Å². The molecule has 1 aromatic heterocycles. The van der Waals surface area contributed by atoms with Crippen LogP contribution in [0.5, 0.6) is 5.75 Å². The number of fused-ring (bicyclic) bond motifs is 1. The zero-order valence-corrected chi connectivity index (χ0v) is 31.4. The summed E-state index contributed by atoms with van der Waals surface area (Å²) in [4.78, 5) is 94.5. The lowest BCUT2D eigenvalue weighted by molar-refractivity contribution is -0.142. The first-order chi connectivity index (χ1) is 26.0. The molecule has 0 unspecified atom stereocenters. The van der Waals surface area contributed by atoms with Gasteiger partial charge in [0.2, 0.25) is 35.4 Å². The minimum Gasteiger partial charge on any atom is -0.508 e. The standard InChI is InChI=1S/C38H52N8O9/c1-20(2)13-27(42-33(49)18-39)34(50)43-28(14-21(3)4)35(51)44-29(16-23-19-41-26-8-6-5-7-25(23)26)36(52)45-30(17-32(40)48)37(53)46-31(38(54)55)15-22-9-11-24(47)12-10-22/h5-12,19-21,27-31,41,47H,13-18,39H2,1-4H3,(H2,40,48)(H,42,49)(H,43,50)(H,44,51)(H,45,52)(H,46,53)(H,54,55)/t27-,28-,29-,30-,31-/m0/s1. The normalized spacial score (nSPS) is 13.9. The molecule has 17 heteroatoms. The number of H-pyrrole nitrogens is 1. The van der Waals surface area contributed by atoms with E-state index in [-0.39, 0.29) is 49.8 Å². The Morgan fingerprint density at radius 3 is 1.75 bits per heavy atom. The second-order valence-electron chi connectivity index (χ2n) is 14.3. The number of nitrogens with two attached hydrogens (primary N) is 2. The predicted octanol–water partition coefficient (Wildman–Crippen LogP) is 0.0936. The Morgan fingerprint density at radius 1 is 0.673 bits per heavy atom. The Hall–Kier alpha value is -5.97. The number of aliphatic carboxylic acids is 1. The third-order valence-electron chi connectivity index (χ3n) is 8.65. The maximum Gasteiger partial charge on any atom is 0.326 e. The van der Waals surface area contributed by atoms with Crippen LogP contribution in [-0.2, 0) is 46.4 Å². The van der Waals surface area contributed by atoms with Crippen LogP contribution in [0, 0.1) is 11.8 Å². The van der Waals surface area contributed by atoms with Crippen molar-refractivity contribution in [2.75, 3.05) is 6.54 Å². The number of rotatable bonds is 21. The van der Waals surface area contributed by atoms with E-state index in [0.29, 0.717) is 11.1 Å². The summed E-state index contributed by atoms with van der Waals surface area (Å²) in [7, 11) is 0. The zero-order chi connectivity index (χ0) is 40.8. The lowest BCUT2D eigenvalue weighted by atomic mass is 9.99. The number of phenols is 1. The largest absolute Gasteiger partial charge is 0.508 e. The van der Waals surface area contributed by atoms with Gasteiger partial charge in [-0.05, 0) is 54.0 Å². The maximum atomic E-state index is 14.1. The van der Waals surface area contributed by atoms with Gasteiger partial charge in [-0.25, -0.2) is 4.79 Å². The third kappa shape index (κ3) is 13.7. The predicted molar refractivity (Wildman–Crippen MR) is 203 cm³/mol. The van der Waals surface area contributed by atoms with Crippen LogP contribution < -0.4 is 38.1 Å². The first-order valence-corrected chi connectivity index (χ1v) is 18.0. The van der Waals surface area contributed by atoms with Crippen LogP contribution in [-0.4, -0.2) is 93.4 Å². The summed E-state index contributed by atoms with van der Waals surface area (Å²) in [5.41, 5.74) is 12.7. The van der Waals surface area contributed by atoms with Crippen LogP contribution in [0.1, 0.15) is 58.1 Å². The highest BCUT2D eigenvalue weighted by molar-refractivity contribution is 5.98. The van der Waals surface area contributed by atoms with Crippen LogP contribution in [0.3, 0.4) is 0 Å². The molecule has 0 fully saturated rings. The number of phenolic OH excluding ortho intramolecular Hbond substituents is 1. The van der Waals surface area contributed by atoms with Crippen LogP contribution in [0.15, 0.2) is 54.7 Å². The number of hydrogen-bond donors (Lipinski definition) is 10. The molecule has 0 aliphatic rings. The Labute approximate surface area is 318 Å². The van der Waals surface area contributed by atoms with E-state index in [1.807, 2.05) is 45.9 Å². The van der Waals surface area contributed by atoms with Gasteiger partial charge in [-0.2, -0.15) is 0 Å². The van der Waals surface area contributed by atoms with E-state index in [1.54, 1.807) is 12.3 Å². The van der Waals surface area contributed by atoms with Crippen molar-refractivity contribution in [3.63, 3.8) is 0 Å². The molecule has 1 heterocycles. The molecule has 298 valence electrons. The van der Waals surface area contributed by atoms with Gasteiger partial charge in [0.05, 0.1) is 13.0 Å². The molecule has 5 atom stereocenters. The number of carboxylic acids is 1. The molecule has 2 aromatic carbocycles. The number of aromatic hydroxyl groups is 1. The topological polar surface area (TPSA) is 288 Å². The average Bonchev–Trinajstić information content (AvgIpc) is 3.52. The second kappa shape index (κ2) is 20.5. The van der Waals surface area contributed by atoms with E-state index in [1.165, 1.54) is 24.3 Å². The van der Waals surface area contributed by atoms with Gasteiger partial charge in [0.25, 0.3) is 0 Å². The minimum absolute atomic E-state index is 0.000384.